The quantitative estimate of drug-likeness (QED) is 0.0933. The summed E-state index contributed by atoms with van der Waals surface area (Å²) in [6.07, 6.45) is 9.65. The van der Waals surface area contributed by atoms with Crippen molar-refractivity contribution in [2.24, 2.45) is 0 Å². The second-order valence-electron chi connectivity index (χ2n) is 12.1. The Hall–Kier alpha value is -1.54. The van der Waals surface area contributed by atoms with Gasteiger partial charge in [-0.15, -0.1) is 0 Å². The second-order valence-corrected chi connectivity index (χ2v) is 30.8. The molecule has 4 aromatic rings. The number of thioether (sulfide) groups is 1. The summed E-state index contributed by atoms with van der Waals surface area (Å²) in [5, 5.41) is 7.50. The molecule has 0 saturated carbocycles. The van der Waals surface area contributed by atoms with E-state index < -0.39 is 26.3 Å². The van der Waals surface area contributed by atoms with Gasteiger partial charge < -0.3 is 0 Å². The molecule has 0 radical (unpaired) electrons. The molecule has 0 saturated heterocycles. The Morgan fingerprint density at radius 3 is 1.74 bits per heavy atom. The molecule has 3 heteroatoms. The molecule has 1 unspecified atom stereocenters. The van der Waals surface area contributed by atoms with Crippen LogP contribution in [0.4, 0.5) is 0 Å². The first-order valence-corrected chi connectivity index (χ1v) is 26.5. The predicted octanol–water partition coefficient (Wildman–Crippen LogP) is 11.6. The summed E-state index contributed by atoms with van der Waals surface area (Å²) in [7, 11) is -0.593. The van der Waals surface area contributed by atoms with E-state index in [0.717, 1.165) is 3.27 Å². The van der Waals surface area contributed by atoms with Crippen LogP contribution in [0.1, 0.15) is 71.3 Å². The molecule has 1 heterocycles. The SMILES string of the molecule is CCC[CH2][Sn]([CH2]CCC)([CH2]CCC)[CH]1CC(c2cccc3ccccc23)=C(P(c2ccccc2)c2ccccc2)CS1. The van der Waals surface area contributed by atoms with Crippen LogP contribution in [-0.2, 0) is 0 Å². The van der Waals surface area contributed by atoms with Crippen LogP contribution in [0.15, 0.2) is 108 Å². The Bertz CT molecular complexity index is 1360. The zero-order chi connectivity index (χ0) is 29.2. The van der Waals surface area contributed by atoms with E-state index in [0.29, 0.717) is 0 Å². The average molecular weight is 700 g/mol. The molecule has 0 N–H and O–H groups in total. The van der Waals surface area contributed by atoms with Crippen molar-refractivity contribution in [1.82, 2.24) is 0 Å². The number of allylic oxidation sites excluding steroid dienone is 1. The standard InChI is InChI=1S/C27H22PS.3C4H9.Sn/c1-3-12-22(13-4-1)28(23-14-5-2-6-15-23)27-20-29-19-18-26(27)25-17-9-11-21-10-7-8-16-24(21)25;3*1-3-4-2;/h1-17,19H,18,20H2;3*1,3-4H2,2H3;. The van der Waals surface area contributed by atoms with Gasteiger partial charge in [-0.05, 0) is 0 Å². The molecule has 4 aromatic carbocycles. The van der Waals surface area contributed by atoms with Crippen molar-refractivity contribution in [3.05, 3.63) is 114 Å². The van der Waals surface area contributed by atoms with Gasteiger partial charge in [0.1, 0.15) is 0 Å². The van der Waals surface area contributed by atoms with Gasteiger partial charge in [-0.1, -0.05) is 0 Å². The fourth-order valence-corrected chi connectivity index (χ4v) is 33.2. The van der Waals surface area contributed by atoms with Crippen molar-refractivity contribution in [2.75, 3.05) is 5.75 Å². The van der Waals surface area contributed by atoms with Crippen molar-refractivity contribution >= 4 is 65.0 Å². The molecule has 0 aromatic heterocycles. The fourth-order valence-electron chi connectivity index (χ4n) is 7.03. The molecule has 0 spiro atoms. The van der Waals surface area contributed by atoms with Crippen molar-refractivity contribution in [3.8, 4) is 0 Å². The summed E-state index contributed by atoms with van der Waals surface area (Å²) in [5.41, 5.74) is 3.20. The molecular weight excluding hydrogens is 650 g/mol. The van der Waals surface area contributed by atoms with Gasteiger partial charge in [0.05, 0.1) is 0 Å². The van der Waals surface area contributed by atoms with Crippen molar-refractivity contribution in [1.29, 1.82) is 0 Å². The van der Waals surface area contributed by atoms with Gasteiger partial charge in [0.15, 0.2) is 0 Å². The molecule has 0 fully saturated rings. The Balaban J connectivity index is 1.70. The summed E-state index contributed by atoms with van der Waals surface area (Å²) < 4.78 is 5.65. The third-order valence-electron chi connectivity index (χ3n) is 9.34. The van der Waals surface area contributed by atoms with Crippen LogP contribution in [0.2, 0.25) is 13.3 Å². The molecule has 1 aliphatic heterocycles. The summed E-state index contributed by atoms with van der Waals surface area (Å²) in [6.45, 7) is 7.24. The Kier molecular flexibility index (Phi) is 12.1. The fraction of sp³-hybridized carbons (Fsp3) is 0.385. The minimum absolute atomic E-state index is 0.593. The number of unbranched alkanes of at least 4 members (excludes halogenated alkanes) is 3. The molecule has 0 bridgehead atoms. The van der Waals surface area contributed by atoms with E-state index in [1.807, 2.05) is 0 Å². The number of hydrogen-bond acceptors (Lipinski definition) is 1. The zero-order valence-corrected chi connectivity index (χ0v) is 30.6. The van der Waals surface area contributed by atoms with Crippen molar-refractivity contribution in [3.63, 3.8) is 0 Å². The molecule has 5 rings (SSSR count). The summed E-state index contributed by atoms with van der Waals surface area (Å²) in [5.74, 6) is 1.18. The van der Waals surface area contributed by atoms with Crippen LogP contribution in [0.5, 0.6) is 0 Å². The molecule has 220 valence electrons. The monoisotopic (exact) mass is 700 g/mol. The van der Waals surface area contributed by atoms with Crippen LogP contribution in [0.25, 0.3) is 16.3 Å². The minimum atomic E-state index is -2.47. The number of rotatable bonds is 14. The summed E-state index contributed by atoms with van der Waals surface area (Å²) >= 11 is -0.0638. The number of benzene rings is 4. The van der Waals surface area contributed by atoms with E-state index in [1.54, 1.807) is 24.2 Å². The first-order chi connectivity index (χ1) is 20.7. The Labute approximate surface area is 265 Å². The molecule has 0 aliphatic carbocycles. The predicted molar refractivity (Wildman–Crippen MR) is 196 cm³/mol. The molecule has 42 heavy (non-hydrogen) atoms. The summed E-state index contributed by atoms with van der Waals surface area (Å²) in [4.78, 5) is 0. The Morgan fingerprint density at radius 1 is 0.643 bits per heavy atom. The van der Waals surface area contributed by atoms with E-state index in [-0.39, 0.29) is 0 Å². The van der Waals surface area contributed by atoms with Crippen molar-refractivity contribution in [2.45, 2.75) is 82.3 Å². The topological polar surface area (TPSA) is 0 Å². The van der Waals surface area contributed by atoms with E-state index >= 15 is 0 Å². The maximum atomic E-state index is 2.45. The third kappa shape index (κ3) is 7.39. The maximum absolute atomic E-state index is 2.47. The van der Waals surface area contributed by atoms with E-state index in [1.165, 1.54) is 77.6 Å². The van der Waals surface area contributed by atoms with E-state index in [2.05, 4.69) is 136 Å². The van der Waals surface area contributed by atoms with Crippen LogP contribution < -0.4 is 10.6 Å². The molecule has 1 atom stereocenters. The zero-order valence-electron chi connectivity index (χ0n) is 26.0. The van der Waals surface area contributed by atoms with Gasteiger partial charge in [0, 0.05) is 0 Å². The summed E-state index contributed by atoms with van der Waals surface area (Å²) in [6, 6.07) is 39.0. The van der Waals surface area contributed by atoms with Gasteiger partial charge in [0.25, 0.3) is 0 Å². The van der Waals surface area contributed by atoms with Crippen LogP contribution in [0.3, 0.4) is 0 Å². The molecule has 0 nitrogen and oxygen atoms in total. The molecular formula is C39H49PSSn. The number of fused-ring (bicyclic) bond motifs is 1. The van der Waals surface area contributed by atoms with Gasteiger partial charge in [-0.25, -0.2) is 0 Å². The van der Waals surface area contributed by atoms with Gasteiger partial charge >= 0.3 is 267 Å². The molecule has 1 aliphatic rings. The first-order valence-electron chi connectivity index (χ1n) is 16.4. The van der Waals surface area contributed by atoms with E-state index in [4.69, 9.17) is 0 Å². The average Bonchev–Trinajstić information content (AvgIpc) is 3.06. The van der Waals surface area contributed by atoms with Gasteiger partial charge in [0.2, 0.25) is 0 Å². The van der Waals surface area contributed by atoms with Crippen LogP contribution in [-0.4, -0.2) is 27.4 Å². The second kappa shape index (κ2) is 16.0. The van der Waals surface area contributed by atoms with Gasteiger partial charge in [-0.3, -0.25) is 0 Å². The van der Waals surface area contributed by atoms with Gasteiger partial charge in [-0.2, -0.15) is 0 Å². The normalized spacial score (nSPS) is 16.0. The first kappa shape index (κ1) is 31.9. The van der Waals surface area contributed by atoms with E-state index in [9.17, 15) is 0 Å². The number of hydrogen-bond donors (Lipinski definition) is 0. The van der Waals surface area contributed by atoms with Crippen LogP contribution in [0, 0.1) is 0 Å². The third-order valence-corrected chi connectivity index (χ3v) is 34.0. The van der Waals surface area contributed by atoms with Crippen LogP contribution >= 0.6 is 19.7 Å². The van der Waals surface area contributed by atoms with Crippen molar-refractivity contribution < 1.29 is 0 Å². The Morgan fingerprint density at radius 2 is 1.17 bits per heavy atom. The molecule has 0 amide bonds.